The van der Waals surface area contributed by atoms with Crippen LogP contribution in [0.15, 0.2) is 47.1 Å². The van der Waals surface area contributed by atoms with Crippen LogP contribution in [0.4, 0.5) is 5.69 Å². The van der Waals surface area contributed by atoms with Gasteiger partial charge in [0.1, 0.15) is 12.2 Å². The smallest absolute Gasteiger partial charge is 0.244 e. The molecule has 0 spiro atoms. The average molecular weight is 484 g/mol. The van der Waals surface area contributed by atoms with Gasteiger partial charge in [-0.2, -0.15) is 0 Å². The van der Waals surface area contributed by atoms with E-state index in [1.807, 2.05) is 13.8 Å². The number of amides is 2. The van der Waals surface area contributed by atoms with Crippen molar-refractivity contribution in [3.8, 4) is 0 Å². The third kappa shape index (κ3) is 6.62. The van der Waals surface area contributed by atoms with Crippen LogP contribution in [-0.4, -0.2) is 35.2 Å². The number of nitrogens with zero attached hydrogens (tertiary/aromatic N) is 2. The maximum atomic E-state index is 13.0. The molecule has 0 saturated heterocycles. The third-order valence-electron chi connectivity index (χ3n) is 4.01. The monoisotopic (exact) mass is 482 g/mol. The van der Waals surface area contributed by atoms with Crippen molar-refractivity contribution in [3.05, 3.63) is 58.3 Å². The second kappa shape index (κ2) is 11.0. The first kappa shape index (κ1) is 24.7. The van der Waals surface area contributed by atoms with Gasteiger partial charge >= 0.3 is 0 Å². The van der Waals surface area contributed by atoms with Gasteiger partial charge in [0.2, 0.25) is 17.6 Å². The topological polar surface area (TPSA) is 119 Å². The number of carbonyl (C=O) groups excluding carboxylic acids is 3. The average Bonchev–Trinajstić information content (AvgIpc) is 2.65. The lowest BCUT2D eigenvalue weighted by Gasteiger charge is -2.27. The summed E-state index contributed by atoms with van der Waals surface area (Å²) in [5.74, 6) is -1.36. The lowest BCUT2D eigenvalue weighted by atomic mass is 10.0. The van der Waals surface area contributed by atoms with Gasteiger partial charge in [-0.15, -0.1) is 12.4 Å². The zero-order chi connectivity index (χ0) is 20.8. The zero-order valence-electron chi connectivity index (χ0n) is 16.2. The molecule has 1 aromatic carbocycles. The number of rotatable bonds is 8. The fraction of sp³-hybridized carbons (Fsp3) is 0.300. The Balaban J connectivity index is 0.00000420. The second-order valence-corrected chi connectivity index (χ2v) is 7.75. The molecule has 4 N–H and O–H groups in total. The van der Waals surface area contributed by atoms with Crippen LogP contribution in [0.2, 0.25) is 0 Å². The summed E-state index contributed by atoms with van der Waals surface area (Å²) < 4.78 is 0.647. The number of nitrogens with two attached hydrogens (primary N) is 2. The standard InChI is InChI=1S/C20H23BrN4O3.ClH/c1-12(2)9-15(22)20(28)25(11-18(23)26)17-7-6-13(21)10-14(17)19(27)16-5-3-4-8-24-16;/h3-8,10,12,15H,9,11,22H2,1-2H3,(H2,23,26);1H/t15-;/m0./s1. The van der Waals surface area contributed by atoms with E-state index in [1.165, 1.54) is 11.1 Å². The highest BCUT2D eigenvalue weighted by Gasteiger charge is 2.28. The molecule has 1 heterocycles. The highest BCUT2D eigenvalue weighted by molar-refractivity contribution is 9.10. The molecule has 2 amide bonds. The first-order valence-corrected chi connectivity index (χ1v) is 9.60. The Hall–Kier alpha value is -2.29. The lowest BCUT2D eigenvalue weighted by Crippen LogP contribution is -2.48. The van der Waals surface area contributed by atoms with E-state index in [-0.39, 0.29) is 47.6 Å². The van der Waals surface area contributed by atoms with Gasteiger partial charge in [0.05, 0.1) is 11.7 Å². The quantitative estimate of drug-likeness (QED) is 0.559. The summed E-state index contributed by atoms with van der Waals surface area (Å²) in [5, 5.41) is 0. The summed E-state index contributed by atoms with van der Waals surface area (Å²) in [6.07, 6.45) is 1.95. The molecule has 1 atom stereocenters. The number of aromatic nitrogens is 1. The predicted octanol–water partition coefficient (Wildman–Crippen LogP) is 2.69. The minimum Gasteiger partial charge on any atom is -0.368 e. The Morgan fingerprint density at radius 3 is 2.41 bits per heavy atom. The number of hydrogen-bond donors (Lipinski definition) is 2. The molecule has 0 aliphatic carbocycles. The summed E-state index contributed by atoms with van der Waals surface area (Å²) in [6.45, 7) is 3.51. The van der Waals surface area contributed by atoms with Crippen LogP contribution in [0, 0.1) is 5.92 Å². The van der Waals surface area contributed by atoms with Gasteiger partial charge in [0, 0.05) is 16.2 Å². The van der Waals surface area contributed by atoms with Crippen LogP contribution in [0.25, 0.3) is 0 Å². The van der Waals surface area contributed by atoms with Gasteiger partial charge in [-0.25, -0.2) is 0 Å². The third-order valence-corrected chi connectivity index (χ3v) is 4.51. The second-order valence-electron chi connectivity index (χ2n) is 6.83. The van der Waals surface area contributed by atoms with E-state index >= 15 is 0 Å². The summed E-state index contributed by atoms with van der Waals surface area (Å²) in [7, 11) is 0. The lowest BCUT2D eigenvalue weighted by molar-refractivity contribution is -0.123. The fourth-order valence-corrected chi connectivity index (χ4v) is 3.17. The van der Waals surface area contributed by atoms with Gasteiger partial charge in [-0.1, -0.05) is 35.8 Å². The van der Waals surface area contributed by atoms with Crippen molar-refractivity contribution >= 4 is 51.6 Å². The van der Waals surface area contributed by atoms with Crippen LogP contribution in [0.5, 0.6) is 0 Å². The summed E-state index contributed by atoms with van der Waals surface area (Å²) >= 11 is 3.34. The molecular weight excluding hydrogens is 460 g/mol. The molecule has 0 aliphatic rings. The van der Waals surface area contributed by atoms with Crippen molar-refractivity contribution in [3.63, 3.8) is 0 Å². The van der Waals surface area contributed by atoms with Crippen molar-refractivity contribution < 1.29 is 14.4 Å². The maximum Gasteiger partial charge on any atom is 0.244 e. The molecule has 1 aromatic heterocycles. The normalized spacial score (nSPS) is 11.5. The SMILES string of the molecule is CC(C)C[C@H](N)C(=O)N(CC(N)=O)c1ccc(Br)cc1C(=O)c1ccccn1.Cl. The molecule has 2 aromatic rings. The molecule has 0 unspecified atom stereocenters. The van der Waals surface area contributed by atoms with Crippen molar-refractivity contribution in [2.75, 3.05) is 11.4 Å². The Morgan fingerprint density at radius 2 is 1.86 bits per heavy atom. The first-order chi connectivity index (χ1) is 13.2. The van der Waals surface area contributed by atoms with E-state index in [1.54, 1.807) is 36.4 Å². The van der Waals surface area contributed by atoms with Crippen molar-refractivity contribution in [2.45, 2.75) is 26.3 Å². The molecule has 2 rings (SSSR count). The van der Waals surface area contributed by atoms with E-state index in [0.717, 1.165) is 0 Å². The summed E-state index contributed by atoms with van der Waals surface area (Å²) in [6, 6.07) is 9.01. The molecule has 0 saturated carbocycles. The summed E-state index contributed by atoms with van der Waals surface area (Å²) in [5.41, 5.74) is 12.1. The molecule has 29 heavy (non-hydrogen) atoms. The molecule has 7 nitrogen and oxygen atoms in total. The zero-order valence-corrected chi connectivity index (χ0v) is 18.6. The number of anilines is 1. The van der Waals surface area contributed by atoms with E-state index in [0.29, 0.717) is 10.9 Å². The number of benzene rings is 1. The Kier molecular flexibility index (Phi) is 9.42. The van der Waals surface area contributed by atoms with Crippen LogP contribution in [0.1, 0.15) is 36.3 Å². The van der Waals surface area contributed by atoms with Gasteiger partial charge in [-0.3, -0.25) is 19.4 Å². The molecule has 156 valence electrons. The highest BCUT2D eigenvalue weighted by atomic mass is 79.9. The molecule has 0 radical (unpaired) electrons. The Bertz CT molecular complexity index is 877. The summed E-state index contributed by atoms with van der Waals surface area (Å²) in [4.78, 5) is 42.9. The number of ketones is 1. The van der Waals surface area contributed by atoms with E-state index in [4.69, 9.17) is 11.5 Å². The largest absolute Gasteiger partial charge is 0.368 e. The van der Waals surface area contributed by atoms with E-state index in [2.05, 4.69) is 20.9 Å². The highest BCUT2D eigenvalue weighted by Crippen LogP contribution is 2.27. The van der Waals surface area contributed by atoms with E-state index in [9.17, 15) is 14.4 Å². The first-order valence-electron chi connectivity index (χ1n) is 8.81. The van der Waals surface area contributed by atoms with Crippen LogP contribution >= 0.6 is 28.3 Å². The molecular formula is C20H24BrClN4O3. The van der Waals surface area contributed by atoms with Gasteiger partial charge in [0.25, 0.3) is 0 Å². The molecule has 0 fully saturated rings. The fourth-order valence-electron chi connectivity index (χ4n) is 2.81. The van der Waals surface area contributed by atoms with Crippen LogP contribution in [0.3, 0.4) is 0 Å². The molecule has 0 aliphatic heterocycles. The number of carbonyl (C=O) groups is 3. The Labute approximate surface area is 184 Å². The maximum absolute atomic E-state index is 13.0. The number of pyridine rings is 1. The number of hydrogen-bond acceptors (Lipinski definition) is 5. The van der Waals surface area contributed by atoms with Gasteiger partial charge in [-0.05, 0) is 42.7 Å². The number of halogens is 2. The minimum atomic E-state index is -0.819. The van der Waals surface area contributed by atoms with E-state index < -0.39 is 17.9 Å². The van der Waals surface area contributed by atoms with Crippen molar-refractivity contribution in [1.82, 2.24) is 4.98 Å². The van der Waals surface area contributed by atoms with Crippen molar-refractivity contribution in [2.24, 2.45) is 17.4 Å². The van der Waals surface area contributed by atoms with Crippen LogP contribution < -0.4 is 16.4 Å². The Morgan fingerprint density at radius 1 is 1.17 bits per heavy atom. The number of primary amides is 1. The molecule has 0 bridgehead atoms. The predicted molar refractivity (Wildman–Crippen MR) is 118 cm³/mol. The van der Waals surface area contributed by atoms with Crippen molar-refractivity contribution in [1.29, 1.82) is 0 Å². The minimum absolute atomic E-state index is 0. The van der Waals surface area contributed by atoms with Gasteiger partial charge < -0.3 is 16.4 Å². The van der Waals surface area contributed by atoms with Crippen LogP contribution in [-0.2, 0) is 9.59 Å². The van der Waals surface area contributed by atoms with Gasteiger partial charge in [0.15, 0.2) is 0 Å². The molecule has 9 heteroatoms.